The van der Waals surface area contributed by atoms with Crippen molar-refractivity contribution in [1.82, 2.24) is 10.2 Å². The molecular formula is C9H13N3O. The zero-order chi connectivity index (χ0) is 8.93. The highest BCUT2D eigenvalue weighted by Crippen LogP contribution is 2.10. The molecule has 1 aromatic rings. The van der Waals surface area contributed by atoms with Gasteiger partial charge in [0.25, 0.3) is 0 Å². The molecule has 0 radical (unpaired) electrons. The van der Waals surface area contributed by atoms with Crippen molar-refractivity contribution in [3.05, 3.63) is 18.3 Å². The van der Waals surface area contributed by atoms with E-state index in [-0.39, 0.29) is 0 Å². The third-order valence-electron chi connectivity index (χ3n) is 2.08. The van der Waals surface area contributed by atoms with E-state index in [4.69, 9.17) is 4.74 Å². The van der Waals surface area contributed by atoms with E-state index in [9.17, 15) is 0 Å². The van der Waals surface area contributed by atoms with E-state index in [1.54, 1.807) is 6.20 Å². The fourth-order valence-corrected chi connectivity index (χ4v) is 1.44. The van der Waals surface area contributed by atoms with Gasteiger partial charge >= 0.3 is 0 Å². The summed E-state index contributed by atoms with van der Waals surface area (Å²) in [4.78, 5) is 0. The molecule has 2 heterocycles. The Morgan fingerprint density at radius 2 is 2.54 bits per heavy atom. The van der Waals surface area contributed by atoms with E-state index >= 15 is 0 Å². The number of hydrogen-bond acceptors (Lipinski definition) is 4. The molecule has 1 aliphatic heterocycles. The predicted molar refractivity (Wildman–Crippen MR) is 49.5 cm³/mol. The largest absolute Gasteiger partial charge is 0.379 e. The van der Waals surface area contributed by atoms with Crippen molar-refractivity contribution in [2.45, 2.75) is 18.9 Å². The normalized spacial score (nSPS) is 22.6. The van der Waals surface area contributed by atoms with Crippen LogP contribution in [0.15, 0.2) is 18.3 Å². The number of rotatable bonds is 2. The van der Waals surface area contributed by atoms with Crippen molar-refractivity contribution < 1.29 is 4.74 Å². The fraction of sp³-hybridized carbons (Fsp3) is 0.556. The Labute approximate surface area is 77.3 Å². The van der Waals surface area contributed by atoms with Gasteiger partial charge in [-0.1, -0.05) is 0 Å². The highest BCUT2D eigenvalue weighted by atomic mass is 16.5. The molecule has 13 heavy (non-hydrogen) atoms. The molecule has 4 heteroatoms. The molecule has 0 aromatic carbocycles. The Balaban J connectivity index is 1.90. The molecule has 0 aliphatic carbocycles. The van der Waals surface area contributed by atoms with Crippen LogP contribution in [0.1, 0.15) is 12.8 Å². The summed E-state index contributed by atoms with van der Waals surface area (Å²) in [5, 5.41) is 11.0. The van der Waals surface area contributed by atoms with Crippen molar-refractivity contribution in [2.24, 2.45) is 0 Å². The molecule has 0 saturated carbocycles. The molecule has 1 fully saturated rings. The van der Waals surface area contributed by atoms with Crippen LogP contribution in [-0.2, 0) is 4.74 Å². The van der Waals surface area contributed by atoms with E-state index in [2.05, 4.69) is 15.5 Å². The summed E-state index contributed by atoms with van der Waals surface area (Å²) in [6.45, 7) is 1.66. The van der Waals surface area contributed by atoms with Crippen molar-refractivity contribution in [3.63, 3.8) is 0 Å². The summed E-state index contributed by atoms with van der Waals surface area (Å²) >= 11 is 0. The van der Waals surface area contributed by atoms with Crippen LogP contribution in [0.2, 0.25) is 0 Å². The first kappa shape index (κ1) is 8.44. The first-order chi connectivity index (χ1) is 6.45. The fourth-order valence-electron chi connectivity index (χ4n) is 1.44. The summed E-state index contributed by atoms with van der Waals surface area (Å²) in [6, 6.07) is 4.19. The third-order valence-corrected chi connectivity index (χ3v) is 2.08. The minimum absolute atomic E-state index is 0.394. The van der Waals surface area contributed by atoms with Gasteiger partial charge in [-0.3, -0.25) is 0 Å². The third kappa shape index (κ3) is 2.39. The Morgan fingerprint density at radius 1 is 1.54 bits per heavy atom. The van der Waals surface area contributed by atoms with Gasteiger partial charge in [0.05, 0.1) is 12.6 Å². The van der Waals surface area contributed by atoms with Crippen molar-refractivity contribution in [2.75, 3.05) is 18.5 Å². The van der Waals surface area contributed by atoms with Crippen LogP contribution in [0.4, 0.5) is 5.82 Å². The summed E-state index contributed by atoms with van der Waals surface area (Å²) in [5.41, 5.74) is 0. The lowest BCUT2D eigenvalue weighted by atomic mass is 10.1. The Hall–Kier alpha value is -1.16. The lowest BCUT2D eigenvalue weighted by molar-refractivity contribution is 0.0875. The predicted octanol–water partition coefficient (Wildman–Crippen LogP) is 1.07. The number of nitrogens with one attached hydrogen (secondary N) is 1. The van der Waals surface area contributed by atoms with Crippen LogP contribution < -0.4 is 5.32 Å². The van der Waals surface area contributed by atoms with E-state index in [1.165, 1.54) is 0 Å². The minimum atomic E-state index is 0.394. The molecule has 1 saturated heterocycles. The van der Waals surface area contributed by atoms with Gasteiger partial charge in [-0.05, 0) is 25.0 Å². The molecule has 1 aliphatic rings. The van der Waals surface area contributed by atoms with Gasteiger partial charge < -0.3 is 10.1 Å². The summed E-state index contributed by atoms with van der Waals surface area (Å²) < 4.78 is 5.34. The van der Waals surface area contributed by atoms with Crippen LogP contribution >= 0.6 is 0 Å². The van der Waals surface area contributed by atoms with Crippen LogP contribution in [0, 0.1) is 0 Å². The maximum absolute atomic E-state index is 5.34. The molecule has 1 N–H and O–H groups in total. The molecular weight excluding hydrogens is 166 g/mol. The lowest BCUT2D eigenvalue weighted by Gasteiger charge is -2.23. The number of aromatic nitrogens is 2. The molecule has 4 nitrogen and oxygen atoms in total. The van der Waals surface area contributed by atoms with E-state index in [1.807, 2.05) is 12.1 Å². The van der Waals surface area contributed by atoms with Crippen molar-refractivity contribution in [3.8, 4) is 0 Å². The van der Waals surface area contributed by atoms with Gasteiger partial charge in [-0.15, -0.1) is 5.10 Å². The van der Waals surface area contributed by atoms with E-state index in [0.29, 0.717) is 6.04 Å². The Morgan fingerprint density at radius 3 is 3.23 bits per heavy atom. The van der Waals surface area contributed by atoms with Crippen LogP contribution in [-0.4, -0.2) is 29.5 Å². The summed E-state index contributed by atoms with van der Waals surface area (Å²) in [6.07, 6.45) is 3.94. The first-order valence-electron chi connectivity index (χ1n) is 4.57. The van der Waals surface area contributed by atoms with Gasteiger partial charge in [-0.2, -0.15) is 5.10 Å². The van der Waals surface area contributed by atoms with Gasteiger partial charge in [0.1, 0.15) is 5.82 Å². The standard InChI is InChI=1S/C9H13N3O/c1-4-9(12-10-5-1)11-8-3-2-6-13-7-8/h1,4-5,8H,2-3,6-7H2,(H,11,12)/t8-/m0/s1. The molecule has 70 valence electrons. The average Bonchev–Trinajstić information content (AvgIpc) is 2.21. The number of anilines is 1. The number of ether oxygens (including phenoxy) is 1. The van der Waals surface area contributed by atoms with Crippen LogP contribution in [0.25, 0.3) is 0 Å². The number of nitrogens with zero attached hydrogens (tertiary/aromatic N) is 2. The molecule has 0 unspecified atom stereocenters. The second-order valence-corrected chi connectivity index (χ2v) is 3.17. The quantitative estimate of drug-likeness (QED) is 0.737. The Kier molecular flexibility index (Phi) is 2.72. The molecule has 1 atom stereocenters. The average molecular weight is 179 g/mol. The number of hydrogen-bond donors (Lipinski definition) is 1. The monoisotopic (exact) mass is 179 g/mol. The van der Waals surface area contributed by atoms with Crippen molar-refractivity contribution >= 4 is 5.82 Å². The molecule has 1 aromatic heterocycles. The maximum atomic E-state index is 5.34. The highest BCUT2D eigenvalue weighted by molar-refractivity contribution is 5.32. The second-order valence-electron chi connectivity index (χ2n) is 3.17. The Bertz CT molecular complexity index is 246. The molecule has 0 bridgehead atoms. The molecule has 0 amide bonds. The first-order valence-corrected chi connectivity index (χ1v) is 4.57. The van der Waals surface area contributed by atoms with Gasteiger partial charge in [0.2, 0.25) is 0 Å². The molecule has 0 spiro atoms. The van der Waals surface area contributed by atoms with Gasteiger partial charge in [0, 0.05) is 12.8 Å². The zero-order valence-corrected chi connectivity index (χ0v) is 7.44. The van der Waals surface area contributed by atoms with Crippen LogP contribution in [0.3, 0.4) is 0 Å². The maximum Gasteiger partial charge on any atom is 0.148 e. The minimum Gasteiger partial charge on any atom is -0.379 e. The topological polar surface area (TPSA) is 47.0 Å². The van der Waals surface area contributed by atoms with Crippen LogP contribution in [0.5, 0.6) is 0 Å². The summed E-state index contributed by atoms with van der Waals surface area (Å²) in [5.74, 6) is 0.831. The van der Waals surface area contributed by atoms with Gasteiger partial charge in [-0.25, -0.2) is 0 Å². The highest BCUT2D eigenvalue weighted by Gasteiger charge is 2.13. The van der Waals surface area contributed by atoms with E-state index in [0.717, 1.165) is 31.9 Å². The SMILES string of the molecule is c1cnnc(N[C@H]2CCCOC2)c1. The summed E-state index contributed by atoms with van der Waals surface area (Å²) in [7, 11) is 0. The smallest absolute Gasteiger partial charge is 0.148 e. The lowest BCUT2D eigenvalue weighted by Crippen LogP contribution is -2.30. The van der Waals surface area contributed by atoms with Gasteiger partial charge in [0.15, 0.2) is 0 Å². The van der Waals surface area contributed by atoms with Crippen molar-refractivity contribution in [1.29, 1.82) is 0 Å². The zero-order valence-electron chi connectivity index (χ0n) is 7.44. The molecule has 2 rings (SSSR count). The second kappa shape index (κ2) is 4.18. The van der Waals surface area contributed by atoms with E-state index < -0.39 is 0 Å².